The van der Waals surface area contributed by atoms with E-state index >= 15 is 0 Å². The van der Waals surface area contributed by atoms with Crippen molar-refractivity contribution >= 4 is 17.3 Å². The average Bonchev–Trinajstić information content (AvgIpc) is 2.94. The third kappa shape index (κ3) is 2.54. The molecule has 1 aromatic heterocycles. The van der Waals surface area contributed by atoms with Crippen LogP contribution in [0.3, 0.4) is 0 Å². The van der Waals surface area contributed by atoms with Crippen molar-refractivity contribution in [3.63, 3.8) is 0 Å². The van der Waals surface area contributed by atoms with E-state index < -0.39 is 0 Å². The summed E-state index contributed by atoms with van der Waals surface area (Å²) in [6, 6.07) is 5.30. The number of carbonyl (C=O) groups is 1. The maximum atomic E-state index is 12.1. The SMILES string of the molecule is CCOC(=O)c1cc(N)ccc1N1CCn2cnnc2C1. The van der Waals surface area contributed by atoms with E-state index in [-0.39, 0.29) is 5.97 Å². The predicted molar refractivity (Wildman–Crippen MR) is 77.9 cm³/mol. The minimum atomic E-state index is -0.355. The minimum Gasteiger partial charge on any atom is -0.462 e. The van der Waals surface area contributed by atoms with Crippen molar-refractivity contribution in [2.24, 2.45) is 0 Å². The molecule has 2 N–H and O–H groups in total. The maximum Gasteiger partial charge on any atom is 0.340 e. The highest BCUT2D eigenvalue weighted by Crippen LogP contribution is 2.27. The van der Waals surface area contributed by atoms with Crippen LogP contribution in [0.5, 0.6) is 0 Å². The highest BCUT2D eigenvalue weighted by molar-refractivity contribution is 5.97. The largest absolute Gasteiger partial charge is 0.462 e. The number of benzene rings is 1. The first kappa shape index (κ1) is 13.4. The summed E-state index contributed by atoms with van der Waals surface area (Å²) in [5.41, 5.74) is 7.65. The van der Waals surface area contributed by atoms with Gasteiger partial charge in [-0.05, 0) is 25.1 Å². The number of carbonyl (C=O) groups excluding carboxylic acids is 1. The van der Waals surface area contributed by atoms with Gasteiger partial charge in [0.05, 0.1) is 24.4 Å². The van der Waals surface area contributed by atoms with E-state index in [4.69, 9.17) is 10.5 Å². The summed E-state index contributed by atoms with van der Waals surface area (Å²) in [6.45, 7) is 4.29. The van der Waals surface area contributed by atoms with Crippen molar-refractivity contribution in [2.75, 3.05) is 23.8 Å². The summed E-state index contributed by atoms with van der Waals surface area (Å²) < 4.78 is 7.13. The molecule has 0 fully saturated rings. The Morgan fingerprint density at radius 1 is 1.43 bits per heavy atom. The van der Waals surface area contributed by atoms with E-state index in [2.05, 4.69) is 15.1 Å². The molecule has 110 valence electrons. The molecule has 21 heavy (non-hydrogen) atoms. The molecule has 0 spiro atoms. The molecule has 1 aromatic carbocycles. The molecule has 2 heterocycles. The Hall–Kier alpha value is -2.57. The van der Waals surface area contributed by atoms with Gasteiger partial charge >= 0.3 is 5.97 Å². The van der Waals surface area contributed by atoms with Crippen LogP contribution in [0.25, 0.3) is 0 Å². The third-order valence-electron chi connectivity index (χ3n) is 3.50. The van der Waals surface area contributed by atoms with E-state index in [1.807, 2.05) is 10.6 Å². The summed E-state index contributed by atoms with van der Waals surface area (Å²) in [5.74, 6) is 0.528. The van der Waals surface area contributed by atoms with Crippen LogP contribution in [0.15, 0.2) is 24.5 Å². The predicted octanol–water partition coefficient (Wildman–Crippen LogP) is 1.06. The molecule has 1 aliphatic rings. The monoisotopic (exact) mass is 287 g/mol. The summed E-state index contributed by atoms with van der Waals surface area (Å²) in [6.07, 6.45) is 1.72. The molecule has 0 unspecified atom stereocenters. The molecule has 0 radical (unpaired) electrons. The zero-order chi connectivity index (χ0) is 14.8. The lowest BCUT2D eigenvalue weighted by atomic mass is 10.1. The highest BCUT2D eigenvalue weighted by Gasteiger charge is 2.22. The number of anilines is 2. The molecule has 0 amide bonds. The summed E-state index contributed by atoms with van der Waals surface area (Å²) in [5, 5.41) is 8.00. The van der Waals surface area contributed by atoms with Gasteiger partial charge in [-0.25, -0.2) is 4.79 Å². The van der Waals surface area contributed by atoms with Crippen LogP contribution >= 0.6 is 0 Å². The van der Waals surface area contributed by atoms with Crippen molar-refractivity contribution in [3.05, 3.63) is 35.9 Å². The fourth-order valence-electron chi connectivity index (χ4n) is 2.47. The normalized spacial score (nSPS) is 13.9. The van der Waals surface area contributed by atoms with Gasteiger partial charge in [0.15, 0.2) is 5.82 Å². The second kappa shape index (κ2) is 5.43. The minimum absolute atomic E-state index is 0.335. The molecule has 0 atom stereocenters. The van der Waals surface area contributed by atoms with Crippen LogP contribution in [0.1, 0.15) is 23.1 Å². The Morgan fingerprint density at radius 2 is 2.29 bits per heavy atom. The summed E-state index contributed by atoms with van der Waals surface area (Å²) in [4.78, 5) is 14.2. The molecule has 1 aliphatic heterocycles. The first-order valence-corrected chi connectivity index (χ1v) is 6.87. The molecule has 0 saturated heterocycles. The van der Waals surface area contributed by atoms with Crippen molar-refractivity contribution in [1.29, 1.82) is 0 Å². The molecule has 7 heteroatoms. The van der Waals surface area contributed by atoms with E-state index in [0.717, 1.165) is 24.6 Å². The fourth-order valence-corrected chi connectivity index (χ4v) is 2.47. The standard InChI is InChI=1S/C14H17N5O2/c1-2-21-14(20)11-7-10(15)3-4-12(11)18-5-6-19-9-16-17-13(19)8-18/h3-4,7,9H,2,5-6,8,15H2,1H3. The van der Waals surface area contributed by atoms with E-state index in [1.165, 1.54) is 0 Å². The lowest BCUT2D eigenvalue weighted by Gasteiger charge is -2.30. The van der Waals surface area contributed by atoms with Crippen LogP contribution in [0, 0.1) is 0 Å². The van der Waals surface area contributed by atoms with Crippen molar-refractivity contribution < 1.29 is 9.53 Å². The number of nitrogen functional groups attached to an aromatic ring is 1. The number of nitrogens with two attached hydrogens (primary N) is 1. The van der Waals surface area contributed by atoms with Crippen LogP contribution in [-0.2, 0) is 17.8 Å². The molecule has 3 rings (SSSR count). The Morgan fingerprint density at radius 3 is 3.10 bits per heavy atom. The molecule has 0 saturated carbocycles. The second-order valence-corrected chi connectivity index (χ2v) is 4.86. The highest BCUT2D eigenvalue weighted by atomic mass is 16.5. The molecule has 0 aliphatic carbocycles. The molecule has 7 nitrogen and oxygen atoms in total. The Balaban J connectivity index is 1.93. The third-order valence-corrected chi connectivity index (χ3v) is 3.50. The van der Waals surface area contributed by atoms with Crippen molar-refractivity contribution in [2.45, 2.75) is 20.0 Å². The number of esters is 1. The van der Waals surface area contributed by atoms with Crippen molar-refractivity contribution in [3.8, 4) is 0 Å². The van der Waals surface area contributed by atoms with Crippen molar-refractivity contribution in [1.82, 2.24) is 14.8 Å². The zero-order valence-electron chi connectivity index (χ0n) is 11.8. The average molecular weight is 287 g/mol. The number of aromatic nitrogens is 3. The van der Waals surface area contributed by atoms with Gasteiger partial charge in [0, 0.05) is 18.8 Å². The van der Waals surface area contributed by atoms with Gasteiger partial charge < -0.3 is 19.9 Å². The molecular weight excluding hydrogens is 270 g/mol. The lowest BCUT2D eigenvalue weighted by molar-refractivity contribution is 0.0527. The number of fused-ring (bicyclic) bond motifs is 1. The molecular formula is C14H17N5O2. The zero-order valence-corrected chi connectivity index (χ0v) is 11.8. The van der Waals surface area contributed by atoms with Crippen LogP contribution in [0.4, 0.5) is 11.4 Å². The van der Waals surface area contributed by atoms with Gasteiger partial charge in [0.2, 0.25) is 0 Å². The first-order valence-electron chi connectivity index (χ1n) is 6.87. The molecule has 0 bridgehead atoms. The van der Waals surface area contributed by atoms with Gasteiger partial charge in [0.1, 0.15) is 6.33 Å². The van der Waals surface area contributed by atoms with E-state index in [0.29, 0.717) is 24.4 Å². The van der Waals surface area contributed by atoms with E-state index in [9.17, 15) is 4.79 Å². The summed E-state index contributed by atoms with van der Waals surface area (Å²) >= 11 is 0. The van der Waals surface area contributed by atoms with E-state index in [1.54, 1.807) is 25.4 Å². The first-order chi connectivity index (χ1) is 10.2. The number of nitrogens with zero attached hydrogens (tertiary/aromatic N) is 4. The fraction of sp³-hybridized carbons (Fsp3) is 0.357. The smallest absolute Gasteiger partial charge is 0.340 e. The number of ether oxygens (including phenoxy) is 1. The van der Waals surface area contributed by atoms with Crippen LogP contribution in [-0.4, -0.2) is 33.9 Å². The van der Waals surface area contributed by atoms with Gasteiger partial charge in [0.25, 0.3) is 0 Å². The van der Waals surface area contributed by atoms with Crippen LogP contribution in [0.2, 0.25) is 0 Å². The lowest BCUT2D eigenvalue weighted by Crippen LogP contribution is -2.34. The second-order valence-electron chi connectivity index (χ2n) is 4.86. The topological polar surface area (TPSA) is 86.3 Å². The Bertz CT molecular complexity index is 667. The number of hydrogen-bond donors (Lipinski definition) is 1. The Labute approximate surface area is 122 Å². The van der Waals surface area contributed by atoms with Gasteiger partial charge in [-0.15, -0.1) is 10.2 Å². The van der Waals surface area contributed by atoms with Gasteiger partial charge in [-0.3, -0.25) is 0 Å². The maximum absolute atomic E-state index is 12.1. The quantitative estimate of drug-likeness (QED) is 0.671. The van der Waals surface area contributed by atoms with Crippen LogP contribution < -0.4 is 10.6 Å². The number of hydrogen-bond acceptors (Lipinski definition) is 6. The molecule has 2 aromatic rings. The van der Waals surface area contributed by atoms with Gasteiger partial charge in [-0.1, -0.05) is 0 Å². The number of rotatable bonds is 3. The summed E-state index contributed by atoms with van der Waals surface area (Å²) in [7, 11) is 0. The Kier molecular flexibility index (Phi) is 3.47. The van der Waals surface area contributed by atoms with Gasteiger partial charge in [-0.2, -0.15) is 0 Å².